The van der Waals surface area contributed by atoms with Crippen LogP contribution in [0.3, 0.4) is 0 Å². The largest absolute Gasteiger partial charge is 0.310 e. The number of carbonyl (C=O) groups excluding carboxylic acids is 1. The van der Waals surface area contributed by atoms with Gasteiger partial charge in [-0.3, -0.25) is 9.48 Å². The van der Waals surface area contributed by atoms with Crippen molar-refractivity contribution in [3.05, 3.63) is 30.6 Å². The molecule has 0 radical (unpaired) electrons. The molecule has 2 aromatic rings. The Morgan fingerprint density at radius 1 is 1.20 bits per heavy atom. The number of rotatable bonds is 4. The number of pyridine rings is 1. The first-order chi connectivity index (χ1) is 9.81. The SMILES string of the molecule is O=C(Nc1cc(-c2ccnn2C2CC2)ccn1)C1CC1. The van der Waals surface area contributed by atoms with E-state index >= 15 is 0 Å². The summed E-state index contributed by atoms with van der Waals surface area (Å²) in [5, 5.41) is 7.28. The minimum absolute atomic E-state index is 0.0883. The van der Waals surface area contributed by atoms with Gasteiger partial charge in [-0.2, -0.15) is 5.10 Å². The van der Waals surface area contributed by atoms with Gasteiger partial charge in [-0.1, -0.05) is 0 Å². The van der Waals surface area contributed by atoms with Gasteiger partial charge in [-0.05, 0) is 43.9 Å². The fraction of sp³-hybridized carbons (Fsp3) is 0.400. The van der Waals surface area contributed by atoms with Crippen LogP contribution >= 0.6 is 0 Å². The van der Waals surface area contributed by atoms with Crippen molar-refractivity contribution in [1.82, 2.24) is 14.8 Å². The van der Waals surface area contributed by atoms with Gasteiger partial charge in [0.15, 0.2) is 0 Å². The smallest absolute Gasteiger partial charge is 0.228 e. The minimum atomic E-state index is 0.0883. The minimum Gasteiger partial charge on any atom is -0.310 e. The lowest BCUT2D eigenvalue weighted by Crippen LogP contribution is -2.14. The van der Waals surface area contributed by atoms with Crippen LogP contribution in [-0.2, 0) is 4.79 Å². The highest BCUT2D eigenvalue weighted by Crippen LogP contribution is 2.38. The van der Waals surface area contributed by atoms with Crippen molar-refractivity contribution in [3.63, 3.8) is 0 Å². The number of nitrogens with zero attached hydrogens (tertiary/aromatic N) is 3. The predicted octanol–water partition coefficient (Wildman–Crippen LogP) is 2.63. The van der Waals surface area contributed by atoms with E-state index in [1.165, 1.54) is 12.8 Å². The van der Waals surface area contributed by atoms with Crippen LogP contribution in [-0.4, -0.2) is 20.7 Å². The summed E-state index contributed by atoms with van der Waals surface area (Å²) in [5.74, 6) is 0.908. The zero-order valence-electron chi connectivity index (χ0n) is 11.1. The average Bonchev–Trinajstić information content (AvgIpc) is 3.37. The third-order valence-electron chi connectivity index (χ3n) is 3.82. The Kier molecular flexibility index (Phi) is 2.58. The third-order valence-corrected chi connectivity index (χ3v) is 3.82. The van der Waals surface area contributed by atoms with Gasteiger partial charge in [0.05, 0.1) is 11.7 Å². The van der Waals surface area contributed by atoms with Crippen LogP contribution in [0.25, 0.3) is 11.3 Å². The molecule has 5 heteroatoms. The van der Waals surface area contributed by atoms with Gasteiger partial charge >= 0.3 is 0 Å². The van der Waals surface area contributed by atoms with Gasteiger partial charge in [0, 0.05) is 23.9 Å². The molecule has 102 valence electrons. The van der Waals surface area contributed by atoms with Crippen LogP contribution in [0.5, 0.6) is 0 Å². The Morgan fingerprint density at radius 3 is 2.80 bits per heavy atom. The Labute approximate surface area is 117 Å². The number of hydrogen-bond acceptors (Lipinski definition) is 3. The molecule has 4 rings (SSSR count). The molecule has 2 heterocycles. The second-order valence-corrected chi connectivity index (χ2v) is 5.59. The molecule has 0 spiro atoms. The Bertz CT molecular complexity index is 655. The summed E-state index contributed by atoms with van der Waals surface area (Å²) < 4.78 is 2.07. The molecule has 0 saturated heterocycles. The zero-order chi connectivity index (χ0) is 13.5. The molecule has 1 amide bonds. The van der Waals surface area contributed by atoms with E-state index in [1.807, 2.05) is 24.4 Å². The van der Waals surface area contributed by atoms with Crippen molar-refractivity contribution in [2.75, 3.05) is 5.32 Å². The summed E-state index contributed by atoms with van der Waals surface area (Å²) in [7, 11) is 0. The van der Waals surface area contributed by atoms with Gasteiger partial charge in [0.1, 0.15) is 5.82 Å². The van der Waals surface area contributed by atoms with Crippen molar-refractivity contribution < 1.29 is 4.79 Å². The lowest BCUT2D eigenvalue weighted by molar-refractivity contribution is -0.117. The molecular weight excluding hydrogens is 252 g/mol. The van der Waals surface area contributed by atoms with Crippen molar-refractivity contribution in [3.8, 4) is 11.3 Å². The molecule has 1 N–H and O–H groups in total. The fourth-order valence-electron chi connectivity index (χ4n) is 2.38. The van der Waals surface area contributed by atoms with E-state index in [9.17, 15) is 4.79 Å². The molecule has 5 nitrogen and oxygen atoms in total. The van der Waals surface area contributed by atoms with Crippen molar-refractivity contribution in [1.29, 1.82) is 0 Å². The van der Waals surface area contributed by atoms with Crippen LogP contribution < -0.4 is 5.32 Å². The summed E-state index contributed by atoms with van der Waals surface area (Å²) in [6, 6.07) is 6.44. The summed E-state index contributed by atoms with van der Waals surface area (Å²) in [4.78, 5) is 16.0. The van der Waals surface area contributed by atoms with Crippen molar-refractivity contribution >= 4 is 11.7 Å². The van der Waals surface area contributed by atoms with Gasteiger partial charge < -0.3 is 5.32 Å². The van der Waals surface area contributed by atoms with E-state index in [1.54, 1.807) is 6.20 Å². The number of amides is 1. The third kappa shape index (κ3) is 2.19. The normalized spacial score (nSPS) is 18.0. The van der Waals surface area contributed by atoms with E-state index in [0.29, 0.717) is 11.9 Å². The molecule has 0 atom stereocenters. The first kappa shape index (κ1) is 11.6. The molecule has 2 saturated carbocycles. The number of anilines is 1. The van der Waals surface area contributed by atoms with Gasteiger partial charge in [-0.25, -0.2) is 4.98 Å². The van der Waals surface area contributed by atoms with E-state index in [2.05, 4.69) is 20.1 Å². The average molecular weight is 268 g/mol. The standard InChI is InChI=1S/C15H16N4O/c20-15(10-1-2-10)18-14-9-11(5-7-16-14)13-6-8-17-19(13)12-3-4-12/h5-10,12H,1-4H2,(H,16,18,20). The molecule has 0 aliphatic heterocycles. The Hall–Kier alpha value is -2.17. The van der Waals surface area contributed by atoms with E-state index in [0.717, 1.165) is 24.1 Å². The van der Waals surface area contributed by atoms with Crippen LogP contribution in [0.2, 0.25) is 0 Å². The monoisotopic (exact) mass is 268 g/mol. The van der Waals surface area contributed by atoms with Gasteiger partial charge in [0.25, 0.3) is 0 Å². The molecule has 0 aromatic carbocycles. The number of hydrogen-bond donors (Lipinski definition) is 1. The van der Waals surface area contributed by atoms with E-state index in [-0.39, 0.29) is 11.8 Å². The Morgan fingerprint density at radius 2 is 2.05 bits per heavy atom. The summed E-state index contributed by atoms with van der Waals surface area (Å²) in [6.45, 7) is 0. The topological polar surface area (TPSA) is 59.8 Å². The summed E-state index contributed by atoms with van der Waals surface area (Å²) >= 11 is 0. The molecule has 2 fully saturated rings. The molecule has 2 aliphatic carbocycles. The molecule has 20 heavy (non-hydrogen) atoms. The van der Waals surface area contributed by atoms with Gasteiger partial charge in [0.2, 0.25) is 5.91 Å². The number of aromatic nitrogens is 3. The zero-order valence-corrected chi connectivity index (χ0v) is 11.1. The molecule has 0 unspecified atom stereocenters. The highest BCUT2D eigenvalue weighted by molar-refractivity contribution is 5.93. The Balaban J connectivity index is 1.61. The van der Waals surface area contributed by atoms with Crippen LogP contribution in [0.4, 0.5) is 5.82 Å². The van der Waals surface area contributed by atoms with E-state index in [4.69, 9.17) is 0 Å². The molecule has 2 aliphatic rings. The molecule has 0 bridgehead atoms. The number of nitrogens with one attached hydrogen (secondary N) is 1. The van der Waals surface area contributed by atoms with Crippen LogP contribution in [0, 0.1) is 5.92 Å². The van der Waals surface area contributed by atoms with Gasteiger partial charge in [-0.15, -0.1) is 0 Å². The van der Waals surface area contributed by atoms with Crippen LogP contribution in [0.15, 0.2) is 30.6 Å². The van der Waals surface area contributed by atoms with E-state index < -0.39 is 0 Å². The predicted molar refractivity (Wildman–Crippen MR) is 75.1 cm³/mol. The van der Waals surface area contributed by atoms with Crippen molar-refractivity contribution in [2.45, 2.75) is 31.7 Å². The second-order valence-electron chi connectivity index (χ2n) is 5.59. The van der Waals surface area contributed by atoms with Crippen molar-refractivity contribution in [2.24, 2.45) is 5.92 Å². The quantitative estimate of drug-likeness (QED) is 0.927. The maximum Gasteiger partial charge on any atom is 0.228 e. The lowest BCUT2D eigenvalue weighted by Gasteiger charge is -2.08. The lowest BCUT2D eigenvalue weighted by atomic mass is 10.2. The number of carbonyl (C=O) groups is 1. The second kappa shape index (κ2) is 4.44. The fourth-order valence-corrected chi connectivity index (χ4v) is 2.38. The highest BCUT2D eigenvalue weighted by Gasteiger charge is 2.30. The maximum atomic E-state index is 11.8. The highest BCUT2D eigenvalue weighted by atomic mass is 16.2. The summed E-state index contributed by atoms with van der Waals surface area (Å²) in [6.07, 6.45) is 7.97. The first-order valence-electron chi connectivity index (χ1n) is 7.12. The molecular formula is C15H16N4O. The van der Waals surface area contributed by atoms with Crippen LogP contribution in [0.1, 0.15) is 31.7 Å². The first-order valence-corrected chi connectivity index (χ1v) is 7.12. The summed E-state index contributed by atoms with van der Waals surface area (Å²) in [5.41, 5.74) is 2.15. The maximum absolute atomic E-state index is 11.8. The molecule has 2 aromatic heterocycles.